The van der Waals surface area contributed by atoms with Crippen LogP contribution in [0.3, 0.4) is 0 Å². The van der Waals surface area contributed by atoms with E-state index in [4.69, 9.17) is 5.11 Å². The minimum atomic E-state index is -0.193. The van der Waals surface area contributed by atoms with E-state index < -0.39 is 0 Å². The number of nitrogens with one attached hydrogen (secondary N) is 1. The van der Waals surface area contributed by atoms with Gasteiger partial charge in [-0.05, 0) is 24.0 Å². The predicted octanol–water partition coefficient (Wildman–Crippen LogP) is 1.02. The highest BCUT2D eigenvalue weighted by Gasteiger charge is 2.30. The van der Waals surface area contributed by atoms with Crippen molar-refractivity contribution in [2.24, 2.45) is 0 Å². The van der Waals surface area contributed by atoms with Gasteiger partial charge in [0.25, 0.3) is 0 Å². The van der Waals surface area contributed by atoms with Crippen molar-refractivity contribution in [3.63, 3.8) is 0 Å². The Labute approximate surface area is 125 Å². The summed E-state index contributed by atoms with van der Waals surface area (Å²) in [4.78, 5) is 25.6. The van der Waals surface area contributed by atoms with Crippen LogP contribution in [-0.4, -0.2) is 41.5 Å². The van der Waals surface area contributed by atoms with Crippen molar-refractivity contribution < 1.29 is 14.7 Å². The quantitative estimate of drug-likeness (QED) is 0.796. The third-order valence-electron chi connectivity index (χ3n) is 3.85. The van der Waals surface area contributed by atoms with Crippen molar-refractivity contribution in [1.82, 2.24) is 10.2 Å². The van der Waals surface area contributed by atoms with E-state index in [9.17, 15) is 9.59 Å². The van der Waals surface area contributed by atoms with Crippen molar-refractivity contribution in [3.8, 4) is 0 Å². The molecule has 0 bridgehead atoms. The minimum absolute atomic E-state index is 0.00217. The lowest BCUT2D eigenvalue weighted by molar-refractivity contribution is -0.133. The molecule has 0 saturated carbocycles. The molecule has 0 aliphatic carbocycles. The van der Waals surface area contributed by atoms with Crippen LogP contribution in [-0.2, 0) is 16.0 Å². The number of rotatable bonds is 5. The zero-order chi connectivity index (χ0) is 15.2. The Morgan fingerprint density at radius 3 is 2.86 bits per heavy atom. The molecule has 1 aliphatic rings. The van der Waals surface area contributed by atoms with Gasteiger partial charge in [0.2, 0.25) is 11.8 Å². The lowest BCUT2D eigenvalue weighted by Gasteiger charge is -2.36. The first-order valence-electron chi connectivity index (χ1n) is 7.36. The molecule has 21 heavy (non-hydrogen) atoms. The second-order valence-corrected chi connectivity index (χ2v) is 5.31. The van der Waals surface area contributed by atoms with Crippen LogP contribution in [0.1, 0.15) is 36.9 Å². The third kappa shape index (κ3) is 3.82. The number of amides is 2. The van der Waals surface area contributed by atoms with E-state index >= 15 is 0 Å². The SMILES string of the molecule is CC(=O)N1CCc2ccccc2C1CC(=O)NCCCO. The van der Waals surface area contributed by atoms with Gasteiger partial charge in [-0.15, -0.1) is 0 Å². The van der Waals surface area contributed by atoms with Gasteiger partial charge in [0.15, 0.2) is 0 Å². The first-order chi connectivity index (χ1) is 10.1. The molecule has 0 saturated heterocycles. The molecule has 1 atom stereocenters. The van der Waals surface area contributed by atoms with E-state index in [1.165, 1.54) is 5.56 Å². The van der Waals surface area contributed by atoms with Crippen LogP contribution in [0, 0.1) is 0 Å². The van der Waals surface area contributed by atoms with Gasteiger partial charge in [-0.2, -0.15) is 0 Å². The standard InChI is InChI=1S/C16H22N2O3/c1-12(20)18-9-7-13-5-2-3-6-14(13)15(18)11-16(21)17-8-4-10-19/h2-3,5-6,15,19H,4,7-11H2,1H3,(H,17,21). The molecule has 0 aromatic heterocycles. The number of carbonyl (C=O) groups excluding carboxylic acids is 2. The summed E-state index contributed by atoms with van der Waals surface area (Å²) in [6.45, 7) is 2.72. The molecule has 5 nitrogen and oxygen atoms in total. The van der Waals surface area contributed by atoms with E-state index in [0.717, 1.165) is 12.0 Å². The predicted molar refractivity (Wildman–Crippen MR) is 79.6 cm³/mol. The molecule has 0 radical (unpaired) electrons. The topological polar surface area (TPSA) is 69.6 Å². The molecule has 1 aliphatic heterocycles. The minimum Gasteiger partial charge on any atom is -0.396 e. The Balaban J connectivity index is 2.12. The number of hydrogen-bond donors (Lipinski definition) is 2. The normalized spacial score (nSPS) is 17.2. The van der Waals surface area contributed by atoms with Crippen LogP contribution in [0.4, 0.5) is 0 Å². The third-order valence-corrected chi connectivity index (χ3v) is 3.85. The van der Waals surface area contributed by atoms with Crippen LogP contribution in [0.25, 0.3) is 0 Å². The Morgan fingerprint density at radius 2 is 2.14 bits per heavy atom. The average Bonchev–Trinajstić information content (AvgIpc) is 2.47. The maximum atomic E-state index is 12.0. The summed E-state index contributed by atoms with van der Waals surface area (Å²) in [6.07, 6.45) is 1.64. The lowest BCUT2D eigenvalue weighted by atomic mass is 9.90. The summed E-state index contributed by atoms with van der Waals surface area (Å²) in [7, 11) is 0. The molecular weight excluding hydrogens is 268 g/mol. The number of fused-ring (bicyclic) bond motifs is 1. The van der Waals surface area contributed by atoms with E-state index in [0.29, 0.717) is 19.5 Å². The number of benzene rings is 1. The molecule has 0 fully saturated rings. The molecule has 5 heteroatoms. The summed E-state index contributed by atoms with van der Waals surface area (Å²) < 4.78 is 0. The van der Waals surface area contributed by atoms with Crippen molar-refractivity contribution >= 4 is 11.8 Å². The molecule has 114 valence electrons. The first-order valence-corrected chi connectivity index (χ1v) is 7.36. The van der Waals surface area contributed by atoms with E-state index in [2.05, 4.69) is 11.4 Å². The van der Waals surface area contributed by atoms with Gasteiger partial charge in [-0.1, -0.05) is 24.3 Å². The number of carbonyl (C=O) groups is 2. The van der Waals surface area contributed by atoms with Gasteiger partial charge in [-0.25, -0.2) is 0 Å². The molecule has 1 aromatic carbocycles. The van der Waals surface area contributed by atoms with Gasteiger partial charge in [0.05, 0.1) is 12.5 Å². The van der Waals surface area contributed by atoms with Crippen LogP contribution >= 0.6 is 0 Å². The molecule has 0 spiro atoms. The average molecular weight is 290 g/mol. The molecule has 1 aromatic rings. The monoisotopic (exact) mass is 290 g/mol. The fourth-order valence-electron chi connectivity index (χ4n) is 2.80. The summed E-state index contributed by atoms with van der Waals surface area (Å²) in [5.74, 6) is -0.0888. The fraction of sp³-hybridized carbons (Fsp3) is 0.500. The highest BCUT2D eigenvalue weighted by atomic mass is 16.3. The molecular formula is C16H22N2O3. The number of aliphatic hydroxyl groups is 1. The lowest BCUT2D eigenvalue weighted by Crippen LogP contribution is -2.41. The van der Waals surface area contributed by atoms with E-state index in [-0.39, 0.29) is 30.9 Å². The van der Waals surface area contributed by atoms with Gasteiger partial charge in [0, 0.05) is 26.6 Å². The molecule has 2 rings (SSSR count). The number of aliphatic hydroxyl groups excluding tert-OH is 1. The van der Waals surface area contributed by atoms with Crippen molar-refractivity contribution in [3.05, 3.63) is 35.4 Å². The molecule has 2 amide bonds. The smallest absolute Gasteiger partial charge is 0.222 e. The summed E-state index contributed by atoms with van der Waals surface area (Å²) >= 11 is 0. The Hall–Kier alpha value is -1.88. The summed E-state index contributed by atoms with van der Waals surface area (Å²) in [5.41, 5.74) is 2.28. The highest BCUT2D eigenvalue weighted by Crippen LogP contribution is 2.32. The van der Waals surface area contributed by atoms with Gasteiger partial charge in [-0.3, -0.25) is 9.59 Å². The summed E-state index contributed by atoms with van der Waals surface area (Å²) in [6, 6.07) is 7.79. The van der Waals surface area contributed by atoms with Crippen molar-refractivity contribution in [2.45, 2.75) is 32.2 Å². The van der Waals surface area contributed by atoms with Gasteiger partial charge in [0.1, 0.15) is 0 Å². The Bertz CT molecular complexity index is 516. The van der Waals surface area contributed by atoms with Crippen molar-refractivity contribution in [1.29, 1.82) is 0 Å². The summed E-state index contributed by atoms with van der Waals surface area (Å²) in [5, 5.41) is 11.5. The second kappa shape index (κ2) is 7.22. The largest absolute Gasteiger partial charge is 0.396 e. The van der Waals surface area contributed by atoms with Gasteiger partial charge >= 0.3 is 0 Å². The van der Waals surface area contributed by atoms with Crippen LogP contribution in [0.2, 0.25) is 0 Å². The molecule has 1 unspecified atom stereocenters. The second-order valence-electron chi connectivity index (χ2n) is 5.31. The maximum absolute atomic E-state index is 12.0. The number of nitrogens with zero attached hydrogens (tertiary/aromatic N) is 1. The van der Waals surface area contributed by atoms with Gasteiger partial charge < -0.3 is 15.3 Å². The highest BCUT2D eigenvalue weighted by molar-refractivity contribution is 5.79. The Kier molecular flexibility index (Phi) is 5.33. The van der Waals surface area contributed by atoms with E-state index in [1.807, 2.05) is 18.2 Å². The zero-order valence-electron chi connectivity index (χ0n) is 12.3. The number of hydrogen-bond acceptors (Lipinski definition) is 3. The molecule has 2 N–H and O–H groups in total. The Morgan fingerprint density at radius 1 is 1.38 bits per heavy atom. The van der Waals surface area contributed by atoms with Crippen LogP contribution < -0.4 is 5.32 Å². The fourth-order valence-corrected chi connectivity index (χ4v) is 2.80. The van der Waals surface area contributed by atoms with Crippen LogP contribution in [0.5, 0.6) is 0 Å². The first kappa shape index (κ1) is 15.5. The maximum Gasteiger partial charge on any atom is 0.222 e. The van der Waals surface area contributed by atoms with Crippen LogP contribution in [0.15, 0.2) is 24.3 Å². The zero-order valence-corrected chi connectivity index (χ0v) is 12.3. The van der Waals surface area contributed by atoms with Crippen molar-refractivity contribution in [2.75, 3.05) is 19.7 Å². The molecule has 1 heterocycles. The van der Waals surface area contributed by atoms with E-state index in [1.54, 1.807) is 11.8 Å².